The Bertz CT molecular complexity index is 424. The summed E-state index contributed by atoms with van der Waals surface area (Å²) in [7, 11) is 1.48. The van der Waals surface area contributed by atoms with Gasteiger partial charge in [-0.3, -0.25) is 0 Å². The Kier molecular flexibility index (Phi) is 4.62. The molecule has 0 aliphatic carbocycles. The minimum Gasteiger partial charge on any atom is -0.478 e. The Morgan fingerprint density at radius 1 is 1.69 bits per heavy atom. The lowest BCUT2D eigenvalue weighted by atomic mass is 10.3. The molecule has 0 spiro atoms. The lowest BCUT2D eigenvalue weighted by Gasteiger charge is -2.01. The van der Waals surface area contributed by atoms with Crippen LogP contribution in [0, 0.1) is 0 Å². The number of nitrogens with two attached hydrogens (primary N) is 1. The van der Waals surface area contributed by atoms with Gasteiger partial charge in [-0.15, -0.1) is 0 Å². The molecule has 0 bridgehead atoms. The van der Waals surface area contributed by atoms with Crippen LogP contribution in [-0.2, 0) is 0 Å². The van der Waals surface area contributed by atoms with E-state index in [1.165, 1.54) is 7.11 Å². The highest BCUT2D eigenvalue weighted by Crippen LogP contribution is 2.14. The molecule has 0 unspecified atom stereocenters. The topological polar surface area (TPSA) is 110 Å². The standard InChI is InChI=1S/C9H12N6O/c1-16-9-8(10)12-6-7(14-9)4-2-3-5-13-15-11/h2,4,6H,3,5H2,1H3,(H2,10,12). The van der Waals surface area contributed by atoms with Crippen molar-refractivity contribution in [1.82, 2.24) is 9.97 Å². The molecule has 1 aromatic heterocycles. The van der Waals surface area contributed by atoms with Crippen LogP contribution in [0.3, 0.4) is 0 Å². The molecule has 7 nitrogen and oxygen atoms in total. The average Bonchev–Trinajstić information content (AvgIpc) is 2.31. The van der Waals surface area contributed by atoms with Crippen LogP contribution in [0.1, 0.15) is 12.1 Å². The van der Waals surface area contributed by atoms with Gasteiger partial charge in [-0.05, 0) is 18.0 Å². The first-order chi connectivity index (χ1) is 7.77. The first-order valence-corrected chi connectivity index (χ1v) is 4.62. The van der Waals surface area contributed by atoms with Crippen LogP contribution in [-0.4, -0.2) is 23.6 Å². The second-order valence-electron chi connectivity index (χ2n) is 2.83. The van der Waals surface area contributed by atoms with Gasteiger partial charge < -0.3 is 10.5 Å². The zero-order chi connectivity index (χ0) is 11.8. The molecule has 2 N–H and O–H groups in total. The summed E-state index contributed by atoms with van der Waals surface area (Å²) < 4.78 is 4.93. The fourth-order valence-electron chi connectivity index (χ4n) is 1.01. The van der Waals surface area contributed by atoms with Gasteiger partial charge in [0.05, 0.1) is 19.0 Å². The Labute approximate surface area is 92.6 Å². The van der Waals surface area contributed by atoms with Crippen LogP contribution in [0.2, 0.25) is 0 Å². The lowest BCUT2D eigenvalue weighted by molar-refractivity contribution is 0.398. The summed E-state index contributed by atoms with van der Waals surface area (Å²) in [6.45, 7) is 0.423. The maximum absolute atomic E-state index is 8.06. The number of hydrogen-bond acceptors (Lipinski definition) is 5. The van der Waals surface area contributed by atoms with Crippen molar-refractivity contribution in [2.75, 3.05) is 19.4 Å². The van der Waals surface area contributed by atoms with E-state index >= 15 is 0 Å². The molecule has 0 fully saturated rings. The van der Waals surface area contributed by atoms with Crippen molar-refractivity contribution < 1.29 is 4.74 Å². The quantitative estimate of drug-likeness (QED) is 0.353. The molecule has 0 aromatic carbocycles. The molecule has 1 rings (SSSR count). The van der Waals surface area contributed by atoms with Gasteiger partial charge in [0, 0.05) is 11.5 Å². The van der Waals surface area contributed by atoms with Crippen LogP contribution in [0.4, 0.5) is 5.82 Å². The second-order valence-corrected chi connectivity index (χ2v) is 2.83. The van der Waals surface area contributed by atoms with Crippen LogP contribution in [0.5, 0.6) is 5.88 Å². The molecule has 0 aliphatic rings. The molecule has 0 saturated carbocycles. The van der Waals surface area contributed by atoms with Crippen molar-refractivity contribution >= 4 is 11.9 Å². The number of hydrogen-bond donors (Lipinski definition) is 1. The Morgan fingerprint density at radius 3 is 3.19 bits per heavy atom. The van der Waals surface area contributed by atoms with Gasteiger partial charge in [0.25, 0.3) is 5.88 Å². The number of nitrogen functional groups attached to an aromatic ring is 1. The fraction of sp³-hybridized carbons (Fsp3) is 0.333. The molecule has 1 aromatic rings. The number of ether oxygens (including phenoxy) is 1. The molecule has 0 atom stereocenters. The molecule has 0 aliphatic heterocycles. The first-order valence-electron chi connectivity index (χ1n) is 4.62. The number of nitrogens with zero attached hydrogens (tertiary/aromatic N) is 5. The van der Waals surface area contributed by atoms with E-state index in [1.54, 1.807) is 12.3 Å². The zero-order valence-electron chi connectivity index (χ0n) is 8.87. The highest BCUT2D eigenvalue weighted by Gasteiger charge is 2.01. The van der Waals surface area contributed by atoms with Gasteiger partial charge in [0.15, 0.2) is 5.82 Å². The largest absolute Gasteiger partial charge is 0.478 e. The van der Waals surface area contributed by atoms with Crippen LogP contribution < -0.4 is 10.5 Å². The summed E-state index contributed by atoms with van der Waals surface area (Å²) in [6, 6.07) is 0. The molecule has 1 heterocycles. The summed E-state index contributed by atoms with van der Waals surface area (Å²) in [5, 5.41) is 3.40. The monoisotopic (exact) mass is 220 g/mol. The third-order valence-corrected chi connectivity index (χ3v) is 1.73. The van der Waals surface area contributed by atoms with Crippen molar-refractivity contribution in [1.29, 1.82) is 0 Å². The van der Waals surface area contributed by atoms with E-state index < -0.39 is 0 Å². The van der Waals surface area contributed by atoms with Crippen molar-refractivity contribution in [3.05, 3.63) is 28.4 Å². The molecular formula is C9H12N6O. The first kappa shape index (κ1) is 11.8. The zero-order valence-corrected chi connectivity index (χ0v) is 8.87. The van der Waals surface area contributed by atoms with Crippen molar-refractivity contribution in [2.45, 2.75) is 6.42 Å². The molecule has 0 amide bonds. The van der Waals surface area contributed by atoms with E-state index in [4.69, 9.17) is 16.0 Å². The molecule has 84 valence electrons. The second kappa shape index (κ2) is 6.26. The maximum atomic E-state index is 8.06. The SMILES string of the molecule is COc1nc(C=CCCN=[N+]=[N-])cnc1N. The van der Waals surface area contributed by atoms with E-state index in [2.05, 4.69) is 20.0 Å². The summed E-state index contributed by atoms with van der Waals surface area (Å²) >= 11 is 0. The number of aromatic nitrogens is 2. The number of anilines is 1. The molecule has 16 heavy (non-hydrogen) atoms. The third-order valence-electron chi connectivity index (χ3n) is 1.73. The average molecular weight is 220 g/mol. The predicted molar refractivity (Wildman–Crippen MR) is 60.7 cm³/mol. The molecule has 7 heteroatoms. The summed E-state index contributed by atoms with van der Waals surface area (Å²) in [6.07, 6.45) is 5.80. The summed E-state index contributed by atoms with van der Waals surface area (Å²) in [5.74, 6) is 0.561. The van der Waals surface area contributed by atoms with Gasteiger partial charge >= 0.3 is 0 Å². The Hall–Kier alpha value is -2.27. The summed E-state index contributed by atoms with van der Waals surface area (Å²) in [5.41, 5.74) is 14.2. The minimum absolute atomic E-state index is 0.258. The highest BCUT2D eigenvalue weighted by atomic mass is 16.5. The smallest absolute Gasteiger partial charge is 0.257 e. The van der Waals surface area contributed by atoms with Crippen LogP contribution in [0.15, 0.2) is 17.4 Å². The third kappa shape index (κ3) is 3.47. The fourth-order valence-corrected chi connectivity index (χ4v) is 1.01. The Morgan fingerprint density at radius 2 is 2.50 bits per heavy atom. The summed E-state index contributed by atoms with van der Waals surface area (Å²) in [4.78, 5) is 10.7. The lowest BCUT2D eigenvalue weighted by Crippen LogP contribution is -1.99. The van der Waals surface area contributed by atoms with Gasteiger partial charge in [-0.2, -0.15) is 0 Å². The number of rotatable bonds is 5. The number of azide groups is 1. The maximum Gasteiger partial charge on any atom is 0.257 e. The van der Waals surface area contributed by atoms with Gasteiger partial charge in [0.1, 0.15) is 0 Å². The highest BCUT2D eigenvalue weighted by molar-refractivity contribution is 5.49. The van der Waals surface area contributed by atoms with E-state index in [-0.39, 0.29) is 5.82 Å². The normalized spacial score (nSPS) is 10.1. The van der Waals surface area contributed by atoms with E-state index in [9.17, 15) is 0 Å². The van der Waals surface area contributed by atoms with Crippen molar-refractivity contribution in [2.24, 2.45) is 5.11 Å². The van der Waals surface area contributed by atoms with Crippen LogP contribution >= 0.6 is 0 Å². The predicted octanol–water partition coefficient (Wildman–Crippen LogP) is 1.78. The van der Waals surface area contributed by atoms with Gasteiger partial charge in [-0.25, -0.2) is 9.97 Å². The molecular weight excluding hydrogens is 208 g/mol. The molecule has 0 radical (unpaired) electrons. The Balaban J connectivity index is 2.63. The van der Waals surface area contributed by atoms with E-state index in [1.807, 2.05) is 6.08 Å². The minimum atomic E-state index is 0.258. The van der Waals surface area contributed by atoms with Crippen LogP contribution in [0.25, 0.3) is 16.5 Å². The van der Waals surface area contributed by atoms with Crippen molar-refractivity contribution in [3.63, 3.8) is 0 Å². The van der Waals surface area contributed by atoms with E-state index in [0.717, 1.165) is 0 Å². The van der Waals surface area contributed by atoms with E-state index in [0.29, 0.717) is 24.5 Å². The number of methoxy groups -OCH3 is 1. The molecule has 0 saturated heterocycles. The van der Waals surface area contributed by atoms with Gasteiger partial charge in [-0.1, -0.05) is 11.2 Å². The van der Waals surface area contributed by atoms with Gasteiger partial charge in [0.2, 0.25) is 0 Å². The van der Waals surface area contributed by atoms with Crippen molar-refractivity contribution in [3.8, 4) is 5.88 Å².